The van der Waals surface area contributed by atoms with Gasteiger partial charge in [-0.2, -0.15) is 0 Å². The van der Waals surface area contributed by atoms with Gasteiger partial charge in [0.05, 0.1) is 6.10 Å². The van der Waals surface area contributed by atoms with Crippen LogP contribution in [0.3, 0.4) is 0 Å². The molecule has 202 valence electrons. The Morgan fingerprint density at radius 3 is 2.50 bits per heavy atom. The van der Waals surface area contributed by atoms with E-state index in [-0.39, 0.29) is 30.7 Å². The highest BCUT2D eigenvalue weighted by Crippen LogP contribution is 2.49. The van der Waals surface area contributed by atoms with E-state index < -0.39 is 5.97 Å². The summed E-state index contributed by atoms with van der Waals surface area (Å²) in [4.78, 5) is 23.2. The van der Waals surface area contributed by atoms with E-state index in [4.69, 9.17) is 14.6 Å². The molecule has 0 spiro atoms. The molecular formula is C30H46O6. The Morgan fingerprint density at radius 1 is 1.03 bits per heavy atom. The Balaban J connectivity index is 1.59. The van der Waals surface area contributed by atoms with Gasteiger partial charge in [0.25, 0.3) is 0 Å². The van der Waals surface area contributed by atoms with Crippen molar-refractivity contribution in [3.63, 3.8) is 0 Å². The molecule has 5 atom stereocenters. The van der Waals surface area contributed by atoms with E-state index >= 15 is 0 Å². The number of rotatable bonds is 16. The number of fused-ring (bicyclic) bond motifs is 2. The van der Waals surface area contributed by atoms with E-state index in [1.165, 1.54) is 44.1 Å². The first-order valence-corrected chi connectivity index (χ1v) is 14.3. The Bertz CT molecular complexity index is 837. The van der Waals surface area contributed by atoms with Gasteiger partial charge in [-0.25, -0.2) is 4.79 Å². The van der Waals surface area contributed by atoms with Gasteiger partial charge in [-0.05, 0) is 73.5 Å². The van der Waals surface area contributed by atoms with Crippen LogP contribution in [-0.4, -0.2) is 41.0 Å². The van der Waals surface area contributed by atoms with Crippen LogP contribution in [0.25, 0.3) is 0 Å². The van der Waals surface area contributed by atoms with Crippen LogP contribution in [0.4, 0.5) is 0 Å². The molecule has 0 saturated heterocycles. The van der Waals surface area contributed by atoms with E-state index in [9.17, 15) is 14.7 Å². The zero-order chi connectivity index (χ0) is 25.9. The number of benzene rings is 1. The predicted molar refractivity (Wildman–Crippen MR) is 140 cm³/mol. The summed E-state index contributed by atoms with van der Waals surface area (Å²) < 4.78 is 11.5. The molecule has 2 aliphatic carbocycles. The average molecular weight is 503 g/mol. The molecule has 0 aromatic heterocycles. The van der Waals surface area contributed by atoms with Crippen LogP contribution in [0.2, 0.25) is 0 Å². The molecule has 36 heavy (non-hydrogen) atoms. The second-order valence-electron chi connectivity index (χ2n) is 10.8. The van der Waals surface area contributed by atoms with Crippen molar-refractivity contribution in [3.8, 4) is 5.75 Å². The number of carboxylic acid groups (broad SMARTS) is 1. The van der Waals surface area contributed by atoms with E-state index in [0.717, 1.165) is 50.5 Å². The number of carbonyl (C=O) groups is 2. The number of hydrogen-bond acceptors (Lipinski definition) is 5. The van der Waals surface area contributed by atoms with E-state index in [1.807, 2.05) is 19.1 Å². The molecule has 0 amide bonds. The van der Waals surface area contributed by atoms with Crippen molar-refractivity contribution in [2.45, 2.75) is 116 Å². The van der Waals surface area contributed by atoms with Gasteiger partial charge >= 0.3 is 11.9 Å². The normalized spacial score (nSPS) is 23.5. The van der Waals surface area contributed by atoms with Crippen LogP contribution in [0.15, 0.2) is 18.2 Å². The summed E-state index contributed by atoms with van der Waals surface area (Å²) in [6.45, 7) is 3.71. The van der Waals surface area contributed by atoms with Crippen LogP contribution >= 0.6 is 0 Å². The minimum atomic E-state index is -0.983. The number of aliphatic hydroxyl groups is 1. The first-order valence-electron chi connectivity index (χ1n) is 14.3. The largest absolute Gasteiger partial charge is 0.482 e. The minimum absolute atomic E-state index is 0.115. The van der Waals surface area contributed by atoms with Gasteiger partial charge in [0.1, 0.15) is 11.9 Å². The van der Waals surface area contributed by atoms with Crippen molar-refractivity contribution in [2.24, 2.45) is 17.8 Å². The molecule has 6 heteroatoms. The fraction of sp³-hybridized carbons (Fsp3) is 0.733. The molecule has 2 aliphatic rings. The lowest BCUT2D eigenvalue weighted by Crippen LogP contribution is -2.29. The molecule has 0 heterocycles. The van der Waals surface area contributed by atoms with E-state index in [2.05, 4.69) is 13.0 Å². The maximum Gasteiger partial charge on any atom is 0.341 e. The third-order valence-corrected chi connectivity index (χ3v) is 8.22. The maximum absolute atomic E-state index is 12.2. The van der Waals surface area contributed by atoms with E-state index in [1.54, 1.807) is 0 Å². The van der Waals surface area contributed by atoms with Crippen molar-refractivity contribution in [3.05, 3.63) is 29.3 Å². The van der Waals surface area contributed by atoms with Gasteiger partial charge in [-0.1, -0.05) is 70.9 Å². The SMILES string of the molecule is CCCCCCCCC[C@H](O)CC[C@@H]1[C@H]2Cc3cccc(OCC(=O)O)c3C[C@H]2C[C@H]1OC(=O)CC. The zero-order valence-corrected chi connectivity index (χ0v) is 22.3. The van der Waals surface area contributed by atoms with Crippen LogP contribution < -0.4 is 4.74 Å². The highest BCUT2D eigenvalue weighted by molar-refractivity contribution is 5.69. The molecule has 0 radical (unpaired) electrons. The minimum Gasteiger partial charge on any atom is -0.482 e. The number of carboxylic acids is 1. The quantitative estimate of drug-likeness (QED) is 0.209. The Hall–Kier alpha value is -2.08. The lowest BCUT2D eigenvalue weighted by Gasteiger charge is -2.32. The molecule has 1 aromatic carbocycles. The first kappa shape index (κ1) is 28.5. The van der Waals surface area contributed by atoms with Crippen molar-refractivity contribution < 1.29 is 29.3 Å². The molecule has 2 N–H and O–H groups in total. The van der Waals surface area contributed by atoms with E-state index in [0.29, 0.717) is 24.0 Å². The van der Waals surface area contributed by atoms with Gasteiger partial charge < -0.3 is 19.7 Å². The summed E-state index contributed by atoms with van der Waals surface area (Å²) in [6.07, 6.45) is 13.6. The maximum atomic E-state index is 12.2. The van der Waals surface area contributed by atoms with Gasteiger partial charge in [-0.15, -0.1) is 0 Å². The summed E-state index contributed by atoms with van der Waals surface area (Å²) in [5.41, 5.74) is 2.30. The molecule has 1 aromatic rings. The number of esters is 1. The fourth-order valence-electron chi connectivity index (χ4n) is 6.30. The van der Waals surface area contributed by atoms with Crippen molar-refractivity contribution >= 4 is 11.9 Å². The van der Waals surface area contributed by atoms with Gasteiger partial charge in [0, 0.05) is 6.42 Å². The fourth-order valence-corrected chi connectivity index (χ4v) is 6.30. The van der Waals surface area contributed by atoms with Crippen LogP contribution in [0.1, 0.15) is 102 Å². The molecular weight excluding hydrogens is 456 g/mol. The van der Waals surface area contributed by atoms with Crippen molar-refractivity contribution in [1.29, 1.82) is 0 Å². The number of hydrogen-bond donors (Lipinski definition) is 2. The van der Waals surface area contributed by atoms with Gasteiger partial charge in [0.2, 0.25) is 0 Å². The lowest BCUT2D eigenvalue weighted by molar-refractivity contribution is -0.151. The number of aliphatic hydroxyl groups excluding tert-OH is 1. The molecule has 6 nitrogen and oxygen atoms in total. The highest BCUT2D eigenvalue weighted by Gasteiger charge is 2.47. The van der Waals surface area contributed by atoms with Crippen LogP contribution in [0, 0.1) is 17.8 Å². The predicted octanol–water partition coefficient (Wildman–Crippen LogP) is 6.10. The highest BCUT2D eigenvalue weighted by atomic mass is 16.5. The molecule has 0 unspecified atom stereocenters. The molecule has 0 bridgehead atoms. The summed E-state index contributed by atoms with van der Waals surface area (Å²) >= 11 is 0. The summed E-state index contributed by atoms with van der Waals surface area (Å²) in [5.74, 6) is 0.522. The molecule has 0 aliphatic heterocycles. The Morgan fingerprint density at radius 2 is 1.78 bits per heavy atom. The number of carbonyl (C=O) groups excluding carboxylic acids is 1. The zero-order valence-electron chi connectivity index (χ0n) is 22.3. The summed E-state index contributed by atoms with van der Waals surface area (Å²) in [6, 6.07) is 5.89. The second-order valence-corrected chi connectivity index (χ2v) is 10.8. The first-order chi connectivity index (χ1) is 17.4. The smallest absolute Gasteiger partial charge is 0.341 e. The van der Waals surface area contributed by atoms with Crippen LogP contribution in [-0.2, 0) is 27.2 Å². The van der Waals surface area contributed by atoms with Gasteiger partial charge in [-0.3, -0.25) is 4.79 Å². The van der Waals surface area contributed by atoms with Crippen LogP contribution in [0.5, 0.6) is 5.75 Å². The standard InChI is InChI=1S/C30H46O6/c1-3-5-6-7-8-9-10-13-23(31)15-16-24-25-17-21-12-11-14-27(35-20-29(32)33)26(21)18-22(25)19-28(24)36-30(34)4-2/h11-12,14,22-25,28,31H,3-10,13,15-20H2,1-2H3,(H,32,33)/t22-,23-,24+,25-,28+/m0/s1. The molecule has 1 saturated carbocycles. The Labute approximate surface area is 216 Å². The van der Waals surface area contributed by atoms with Crippen molar-refractivity contribution in [1.82, 2.24) is 0 Å². The van der Waals surface area contributed by atoms with Crippen molar-refractivity contribution in [2.75, 3.05) is 6.61 Å². The monoisotopic (exact) mass is 502 g/mol. The number of aliphatic carboxylic acids is 1. The number of ether oxygens (including phenoxy) is 2. The average Bonchev–Trinajstić information content (AvgIpc) is 3.19. The lowest BCUT2D eigenvalue weighted by atomic mass is 9.73. The summed E-state index contributed by atoms with van der Waals surface area (Å²) in [7, 11) is 0. The van der Waals surface area contributed by atoms with Gasteiger partial charge in [0.15, 0.2) is 6.61 Å². The second kappa shape index (κ2) is 14.6. The third-order valence-electron chi connectivity index (χ3n) is 8.22. The summed E-state index contributed by atoms with van der Waals surface area (Å²) in [5, 5.41) is 19.7. The Kier molecular flexibility index (Phi) is 11.6. The number of unbranched alkanes of at least 4 members (excludes halogenated alkanes) is 6. The molecule has 1 fully saturated rings. The third kappa shape index (κ3) is 8.22. The molecule has 3 rings (SSSR count). The topological polar surface area (TPSA) is 93.1 Å².